The summed E-state index contributed by atoms with van der Waals surface area (Å²) in [5, 5.41) is 9.00. The highest BCUT2D eigenvalue weighted by atomic mass is 32.2. The lowest BCUT2D eigenvalue weighted by Gasteiger charge is -2.17. The van der Waals surface area contributed by atoms with Crippen LogP contribution in [-0.4, -0.2) is 51.5 Å². The number of carbonyl (C=O) groups excluding carboxylic acids is 1. The first-order chi connectivity index (χ1) is 12.8. The van der Waals surface area contributed by atoms with E-state index in [1.807, 2.05) is 17.1 Å². The van der Waals surface area contributed by atoms with E-state index in [-0.39, 0.29) is 5.91 Å². The minimum absolute atomic E-state index is 0.233. The average molecular weight is 372 g/mol. The quantitative estimate of drug-likeness (QED) is 0.524. The Morgan fingerprint density at radius 2 is 2.19 bits per heavy atom. The number of nitrogens with one attached hydrogen (secondary N) is 1. The van der Waals surface area contributed by atoms with Gasteiger partial charge in [0.2, 0.25) is 0 Å². The van der Waals surface area contributed by atoms with Crippen LogP contribution >= 0.6 is 11.8 Å². The molecule has 136 valence electrons. The zero-order valence-corrected chi connectivity index (χ0v) is 15.3. The Morgan fingerprint density at radius 3 is 2.92 bits per heavy atom. The van der Waals surface area contributed by atoms with Crippen LogP contribution < -0.4 is 10.2 Å². The molecule has 1 saturated heterocycles. The van der Waals surface area contributed by atoms with E-state index in [2.05, 4.69) is 20.3 Å². The number of hydrogen-bond acceptors (Lipinski definition) is 7. The first kappa shape index (κ1) is 16.9. The molecule has 0 unspecified atom stereocenters. The smallest absolute Gasteiger partial charge is 0.287 e. The molecule has 1 amide bonds. The van der Waals surface area contributed by atoms with Crippen molar-refractivity contribution in [3.8, 4) is 0 Å². The maximum absolute atomic E-state index is 12.0. The second kappa shape index (κ2) is 7.36. The van der Waals surface area contributed by atoms with E-state index in [0.717, 1.165) is 35.1 Å². The van der Waals surface area contributed by atoms with Crippen molar-refractivity contribution < 1.29 is 9.21 Å². The zero-order valence-electron chi connectivity index (χ0n) is 14.5. The second-order valence-electron chi connectivity index (χ2n) is 6.07. The lowest BCUT2D eigenvalue weighted by molar-refractivity contribution is 0.0924. The van der Waals surface area contributed by atoms with E-state index in [1.165, 1.54) is 30.9 Å². The van der Waals surface area contributed by atoms with E-state index in [4.69, 9.17) is 9.40 Å². The minimum atomic E-state index is -0.233. The van der Waals surface area contributed by atoms with Crippen molar-refractivity contribution in [2.45, 2.75) is 24.5 Å². The Balaban J connectivity index is 1.54. The van der Waals surface area contributed by atoms with Crippen molar-refractivity contribution in [3.63, 3.8) is 0 Å². The summed E-state index contributed by atoms with van der Waals surface area (Å²) in [5.41, 5.74) is 0.804. The standard InChI is InChI=1S/C17H20N6O2S/c1-26-17-20-14(22-7-2-3-8-22)12-11-19-23(15(12)21-17)9-6-18-16(24)13-5-4-10-25-13/h4-5,10-11H,2-3,6-9H2,1H3,(H,18,24). The van der Waals surface area contributed by atoms with Crippen molar-refractivity contribution in [1.29, 1.82) is 0 Å². The number of amides is 1. The summed E-state index contributed by atoms with van der Waals surface area (Å²) in [4.78, 5) is 23.6. The number of furan rings is 1. The highest BCUT2D eigenvalue weighted by Gasteiger charge is 2.20. The molecule has 3 aromatic heterocycles. The molecule has 4 rings (SSSR count). The predicted molar refractivity (Wildman–Crippen MR) is 99.6 cm³/mol. The first-order valence-corrected chi connectivity index (χ1v) is 9.83. The molecule has 0 saturated carbocycles. The van der Waals surface area contributed by atoms with Gasteiger partial charge in [-0.2, -0.15) is 5.10 Å². The Hall–Kier alpha value is -2.55. The summed E-state index contributed by atoms with van der Waals surface area (Å²) in [7, 11) is 0. The Morgan fingerprint density at radius 1 is 1.35 bits per heavy atom. The van der Waals surface area contributed by atoms with Gasteiger partial charge in [-0.1, -0.05) is 11.8 Å². The largest absolute Gasteiger partial charge is 0.459 e. The SMILES string of the molecule is CSc1nc(N2CCCC2)c2cnn(CCNC(=O)c3ccco3)c2n1. The van der Waals surface area contributed by atoms with Crippen LogP contribution in [0.4, 0.5) is 5.82 Å². The van der Waals surface area contributed by atoms with Crippen LogP contribution in [0, 0.1) is 0 Å². The van der Waals surface area contributed by atoms with Crippen LogP contribution in [0.25, 0.3) is 11.0 Å². The highest BCUT2D eigenvalue weighted by Crippen LogP contribution is 2.28. The number of anilines is 1. The van der Waals surface area contributed by atoms with Crippen LogP contribution in [0.3, 0.4) is 0 Å². The number of carbonyl (C=O) groups is 1. The van der Waals surface area contributed by atoms with E-state index < -0.39 is 0 Å². The van der Waals surface area contributed by atoms with Crippen LogP contribution in [-0.2, 0) is 6.54 Å². The summed E-state index contributed by atoms with van der Waals surface area (Å²) in [6, 6.07) is 3.33. The van der Waals surface area contributed by atoms with Gasteiger partial charge in [-0.15, -0.1) is 0 Å². The molecule has 3 aromatic rings. The molecule has 26 heavy (non-hydrogen) atoms. The number of fused-ring (bicyclic) bond motifs is 1. The van der Waals surface area contributed by atoms with Gasteiger partial charge in [-0.05, 0) is 31.2 Å². The minimum Gasteiger partial charge on any atom is -0.459 e. The predicted octanol–water partition coefficient (Wildman–Crippen LogP) is 2.17. The van der Waals surface area contributed by atoms with Gasteiger partial charge in [0.25, 0.3) is 5.91 Å². The van der Waals surface area contributed by atoms with Gasteiger partial charge >= 0.3 is 0 Å². The van der Waals surface area contributed by atoms with Crippen LogP contribution in [0.5, 0.6) is 0 Å². The molecule has 1 aliphatic heterocycles. The molecule has 1 aliphatic rings. The third-order valence-electron chi connectivity index (χ3n) is 4.40. The van der Waals surface area contributed by atoms with Crippen LogP contribution in [0.15, 0.2) is 34.2 Å². The lowest BCUT2D eigenvalue weighted by Crippen LogP contribution is -2.27. The van der Waals surface area contributed by atoms with Gasteiger partial charge in [0.05, 0.1) is 24.4 Å². The molecule has 0 bridgehead atoms. The topological polar surface area (TPSA) is 89.1 Å². The van der Waals surface area contributed by atoms with Gasteiger partial charge in [0.15, 0.2) is 16.6 Å². The van der Waals surface area contributed by atoms with Gasteiger partial charge in [0, 0.05) is 19.6 Å². The molecular weight excluding hydrogens is 352 g/mol. The Kier molecular flexibility index (Phi) is 4.79. The van der Waals surface area contributed by atoms with Gasteiger partial charge in [0.1, 0.15) is 5.82 Å². The highest BCUT2D eigenvalue weighted by molar-refractivity contribution is 7.98. The molecule has 1 fully saturated rings. The van der Waals surface area contributed by atoms with Crippen LogP contribution in [0.1, 0.15) is 23.4 Å². The summed E-state index contributed by atoms with van der Waals surface area (Å²) >= 11 is 1.52. The number of hydrogen-bond donors (Lipinski definition) is 1. The normalized spacial score (nSPS) is 14.3. The van der Waals surface area contributed by atoms with Crippen molar-refractivity contribution in [1.82, 2.24) is 25.1 Å². The number of nitrogens with zero attached hydrogens (tertiary/aromatic N) is 5. The van der Waals surface area contributed by atoms with E-state index in [0.29, 0.717) is 18.8 Å². The molecule has 4 heterocycles. The summed E-state index contributed by atoms with van der Waals surface area (Å²) in [6.45, 7) is 3.00. The van der Waals surface area contributed by atoms with E-state index in [1.54, 1.807) is 12.1 Å². The van der Waals surface area contributed by atoms with E-state index in [9.17, 15) is 4.79 Å². The number of aromatic nitrogens is 4. The Labute approximate surface area is 155 Å². The molecule has 9 heteroatoms. The molecule has 8 nitrogen and oxygen atoms in total. The first-order valence-electron chi connectivity index (χ1n) is 8.60. The fourth-order valence-corrected chi connectivity index (χ4v) is 3.47. The van der Waals surface area contributed by atoms with Crippen molar-refractivity contribution in [2.75, 3.05) is 30.8 Å². The molecule has 0 atom stereocenters. The summed E-state index contributed by atoms with van der Waals surface area (Å²) in [5.74, 6) is 1.03. The van der Waals surface area contributed by atoms with Gasteiger partial charge in [-0.25, -0.2) is 14.6 Å². The van der Waals surface area contributed by atoms with Crippen molar-refractivity contribution >= 4 is 34.5 Å². The fourth-order valence-electron chi connectivity index (χ4n) is 3.12. The van der Waals surface area contributed by atoms with E-state index >= 15 is 0 Å². The maximum Gasteiger partial charge on any atom is 0.287 e. The fraction of sp³-hybridized carbons (Fsp3) is 0.412. The number of rotatable bonds is 6. The molecule has 0 spiro atoms. The lowest BCUT2D eigenvalue weighted by atomic mass is 10.3. The van der Waals surface area contributed by atoms with Crippen molar-refractivity contribution in [3.05, 3.63) is 30.4 Å². The molecule has 0 radical (unpaired) electrons. The summed E-state index contributed by atoms with van der Waals surface area (Å²) < 4.78 is 6.91. The van der Waals surface area contributed by atoms with Gasteiger partial charge in [-0.3, -0.25) is 4.79 Å². The van der Waals surface area contributed by atoms with Crippen LogP contribution in [0.2, 0.25) is 0 Å². The average Bonchev–Trinajstić information content (AvgIpc) is 3.41. The summed E-state index contributed by atoms with van der Waals surface area (Å²) in [6.07, 6.45) is 7.65. The molecule has 0 aliphatic carbocycles. The molecule has 1 N–H and O–H groups in total. The third-order valence-corrected chi connectivity index (χ3v) is 4.95. The third kappa shape index (κ3) is 3.26. The second-order valence-corrected chi connectivity index (χ2v) is 6.84. The molecule has 0 aromatic carbocycles. The number of thioether (sulfide) groups is 1. The van der Waals surface area contributed by atoms with Gasteiger partial charge < -0.3 is 14.6 Å². The molecular formula is C17H20N6O2S. The van der Waals surface area contributed by atoms with Crippen molar-refractivity contribution in [2.24, 2.45) is 0 Å². The Bertz CT molecular complexity index is 902. The maximum atomic E-state index is 12.0. The zero-order chi connectivity index (χ0) is 17.9. The monoisotopic (exact) mass is 372 g/mol.